The molecule has 0 unspecified atom stereocenters. The zero-order valence-electron chi connectivity index (χ0n) is 16.5. The Balaban J connectivity index is 2.39. The van der Waals surface area contributed by atoms with Crippen LogP contribution in [0.5, 0.6) is 0 Å². The van der Waals surface area contributed by atoms with E-state index >= 15 is 0 Å². The van der Waals surface area contributed by atoms with Gasteiger partial charge in [-0.05, 0) is 24.3 Å². The van der Waals surface area contributed by atoms with E-state index in [2.05, 4.69) is 15.9 Å². The number of benzene rings is 2. The number of sulfonamides is 1. The number of carbonyl (C=O) groups is 1. The van der Waals surface area contributed by atoms with Gasteiger partial charge in [-0.1, -0.05) is 28.1 Å². The first-order valence-electron chi connectivity index (χ1n) is 9.11. The molecule has 14 heteroatoms. The van der Waals surface area contributed by atoms with Crippen molar-refractivity contribution in [1.29, 1.82) is 0 Å². The van der Waals surface area contributed by atoms with Crippen molar-refractivity contribution < 1.29 is 40.4 Å². The largest absolute Gasteiger partial charge is 0.357 e. The summed E-state index contributed by atoms with van der Waals surface area (Å²) in [6.45, 7) is -6.57. The average Bonchev–Trinajstić information content (AvgIpc) is 2.80. The smallest absolute Gasteiger partial charge is 0.289 e. The molecule has 178 valence electrons. The van der Waals surface area contributed by atoms with E-state index in [0.29, 0.717) is 0 Å². The van der Waals surface area contributed by atoms with Crippen LogP contribution >= 0.6 is 15.9 Å². The van der Waals surface area contributed by atoms with Gasteiger partial charge >= 0.3 is 0 Å². The third kappa shape index (κ3) is 3.89. The fraction of sp³-hybridized carbons (Fsp3) is 0.316. The second kappa shape index (κ2) is 8.99. The van der Waals surface area contributed by atoms with Crippen molar-refractivity contribution in [3.05, 3.63) is 68.4 Å². The second-order valence-electron chi connectivity index (χ2n) is 7.14. The van der Waals surface area contributed by atoms with Gasteiger partial charge in [0.15, 0.2) is 4.90 Å². The summed E-state index contributed by atoms with van der Waals surface area (Å²) in [6, 6.07) is 6.86. The summed E-state index contributed by atoms with van der Waals surface area (Å²) in [4.78, 5) is 22.5. The number of halogens is 5. The third-order valence-corrected chi connectivity index (χ3v) is 7.60. The molecule has 0 radical (unpaired) electrons. The molecule has 0 spiro atoms. The normalized spacial score (nSPS) is 20.6. The zero-order valence-corrected chi connectivity index (χ0v) is 18.9. The summed E-state index contributed by atoms with van der Waals surface area (Å²) in [5.41, 5.74) is -7.37. The Morgan fingerprint density at radius 3 is 2.33 bits per heavy atom. The molecule has 1 fully saturated rings. The molecule has 0 N–H and O–H groups in total. The third-order valence-electron chi connectivity index (χ3n) is 5.21. The van der Waals surface area contributed by atoms with E-state index in [0.717, 1.165) is 36.4 Å². The molecule has 3 rings (SSSR count). The van der Waals surface area contributed by atoms with Gasteiger partial charge in [0.1, 0.15) is 31.4 Å². The molecule has 2 aromatic carbocycles. The molecule has 1 atom stereocenters. The minimum atomic E-state index is -5.37. The Hall–Kier alpha value is -2.58. The van der Waals surface area contributed by atoms with Crippen LogP contribution in [-0.4, -0.2) is 55.8 Å². The first kappa shape index (κ1) is 25.1. The van der Waals surface area contributed by atoms with Gasteiger partial charge in [-0.2, -0.15) is 0 Å². The molecule has 2 aromatic rings. The predicted molar refractivity (Wildman–Crippen MR) is 110 cm³/mol. The van der Waals surface area contributed by atoms with E-state index < -0.39 is 80.6 Å². The van der Waals surface area contributed by atoms with Gasteiger partial charge in [-0.25, -0.2) is 30.3 Å². The van der Waals surface area contributed by atoms with Crippen LogP contribution < -0.4 is 0 Å². The summed E-state index contributed by atoms with van der Waals surface area (Å²) >= 11 is 3.04. The Morgan fingerprint density at radius 2 is 1.76 bits per heavy atom. The number of para-hydroxylation sites is 1. The maximum atomic E-state index is 14.8. The topological polar surface area (TPSA) is 107 Å². The van der Waals surface area contributed by atoms with Crippen molar-refractivity contribution in [2.24, 2.45) is 0 Å². The summed E-state index contributed by atoms with van der Waals surface area (Å²) in [5.74, 6) is -3.02. The van der Waals surface area contributed by atoms with Crippen molar-refractivity contribution in [2.75, 3.05) is 26.6 Å². The van der Waals surface area contributed by atoms with Gasteiger partial charge in [0, 0.05) is 16.1 Å². The van der Waals surface area contributed by atoms with Gasteiger partial charge in [0.25, 0.3) is 21.6 Å². The highest BCUT2D eigenvalue weighted by Crippen LogP contribution is 2.44. The number of carbonyl (C=O) groups excluding carboxylic acids is 1. The maximum Gasteiger partial charge on any atom is 0.289 e. The molecule has 0 aromatic heterocycles. The summed E-state index contributed by atoms with van der Waals surface area (Å²) < 4.78 is 89.1. The molecule has 33 heavy (non-hydrogen) atoms. The van der Waals surface area contributed by atoms with Crippen molar-refractivity contribution in [1.82, 2.24) is 4.31 Å². The van der Waals surface area contributed by atoms with Crippen molar-refractivity contribution >= 4 is 37.5 Å². The monoisotopic (exact) mass is 554 g/mol. The standard InChI is InChI=1S/C19H15BrF4N2O6S/c20-12-5-6-14(24)13(7-12)18(8-21)11-32-19(9-22,10-23)17(27)25(18)33(30,31)16-4-2-1-3-15(16)26(28)29/h1-7H,8-11H2/t18-/m0/s1. The molecule has 1 saturated heterocycles. The lowest BCUT2D eigenvalue weighted by Gasteiger charge is -2.49. The molecule has 0 bridgehead atoms. The summed E-state index contributed by atoms with van der Waals surface area (Å²) in [5, 5.41) is 11.4. The number of ether oxygens (including phenoxy) is 1. The summed E-state index contributed by atoms with van der Waals surface area (Å²) in [7, 11) is -5.37. The van der Waals surface area contributed by atoms with Crippen LogP contribution in [0, 0.1) is 15.9 Å². The lowest BCUT2D eigenvalue weighted by Crippen LogP contribution is -2.69. The lowest BCUT2D eigenvalue weighted by atomic mass is 9.87. The SMILES string of the molecule is O=C1N(S(=O)(=O)c2ccccc2[N+](=O)[O-])[C@](CF)(c2cc(Br)ccc2F)COC1(CF)CF. The number of nitro benzene ring substituents is 1. The van der Waals surface area contributed by atoms with Crippen LogP contribution in [0.2, 0.25) is 0 Å². The molecule has 1 amide bonds. The van der Waals surface area contributed by atoms with Crippen LogP contribution in [-0.2, 0) is 25.1 Å². The number of nitro groups is 1. The Kier molecular flexibility index (Phi) is 6.82. The molecular formula is C19H15BrF4N2O6S. The van der Waals surface area contributed by atoms with Crippen molar-refractivity contribution in [3.63, 3.8) is 0 Å². The van der Waals surface area contributed by atoms with Crippen molar-refractivity contribution in [3.8, 4) is 0 Å². The van der Waals surface area contributed by atoms with Gasteiger partial charge in [-0.15, -0.1) is 0 Å². The molecule has 0 saturated carbocycles. The van der Waals surface area contributed by atoms with Crippen molar-refractivity contribution in [2.45, 2.75) is 16.0 Å². The van der Waals surface area contributed by atoms with E-state index in [1.165, 1.54) is 6.07 Å². The quantitative estimate of drug-likeness (QED) is 0.294. The molecule has 1 aliphatic rings. The van der Waals surface area contributed by atoms with Crippen LogP contribution in [0.15, 0.2) is 51.8 Å². The lowest BCUT2D eigenvalue weighted by molar-refractivity contribution is -0.387. The number of alkyl halides is 3. The fourth-order valence-corrected chi connectivity index (χ4v) is 5.71. The number of nitrogens with zero attached hydrogens (tertiary/aromatic N) is 2. The highest BCUT2D eigenvalue weighted by atomic mass is 79.9. The fourth-order valence-electron chi connectivity index (χ4n) is 3.45. The summed E-state index contributed by atoms with van der Waals surface area (Å²) in [6.07, 6.45) is 0. The Bertz CT molecular complexity index is 1210. The minimum absolute atomic E-state index is 0.162. The maximum absolute atomic E-state index is 14.8. The first-order valence-corrected chi connectivity index (χ1v) is 11.3. The van der Waals surface area contributed by atoms with Crippen LogP contribution in [0.1, 0.15) is 5.56 Å². The Labute approximate surface area is 193 Å². The molecule has 1 heterocycles. The van der Waals surface area contributed by atoms with Gasteiger partial charge in [-0.3, -0.25) is 14.9 Å². The van der Waals surface area contributed by atoms with E-state index in [4.69, 9.17) is 4.74 Å². The van der Waals surface area contributed by atoms with Gasteiger partial charge < -0.3 is 4.74 Å². The minimum Gasteiger partial charge on any atom is -0.357 e. The molecule has 1 aliphatic heterocycles. The van der Waals surface area contributed by atoms with Crippen LogP contribution in [0.3, 0.4) is 0 Å². The predicted octanol–water partition coefficient (Wildman–Crippen LogP) is 3.59. The number of morpholine rings is 1. The second-order valence-corrected chi connectivity index (χ2v) is 9.81. The first-order chi connectivity index (χ1) is 15.5. The van der Waals surface area contributed by atoms with E-state index in [1.54, 1.807) is 0 Å². The van der Waals surface area contributed by atoms with Gasteiger partial charge in [0.2, 0.25) is 5.60 Å². The highest BCUT2D eigenvalue weighted by Gasteiger charge is 2.62. The number of hydrogen-bond donors (Lipinski definition) is 0. The average molecular weight is 555 g/mol. The van der Waals surface area contributed by atoms with Crippen LogP contribution in [0.4, 0.5) is 23.2 Å². The number of hydrogen-bond acceptors (Lipinski definition) is 6. The van der Waals surface area contributed by atoms with E-state index in [-0.39, 0.29) is 8.78 Å². The molecule has 8 nitrogen and oxygen atoms in total. The number of amides is 1. The number of rotatable bonds is 7. The molecular weight excluding hydrogens is 540 g/mol. The highest BCUT2D eigenvalue weighted by molar-refractivity contribution is 9.10. The zero-order chi connectivity index (χ0) is 24.6. The van der Waals surface area contributed by atoms with Gasteiger partial charge in [0.05, 0.1) is 11.5 Å². The van der Waals surface area contributed by atoms with E-state index in [1.807, 2.05) is 0 Å². The van der Waals surface area contributed by atoms with Crippen LogP contribution in [0.25, 0.3) is 0 Å². The van der Waals surface area contributed by atoms with E-state index in [9.17, 15) is 40.9 Å². The molecule has 0 aliphatic carbocycles. The Morgan fingerprint density at radius 1 is 1.12 bits per heavy atom.